The summed E-state index contributed by atoms with van der Waals surface area (Å²) in [7, 11) is 0. The van der Waals surface area contributed by atoms with E-state index in [2.05, 4.69) is 0 Å². The lowest BCUT2D eigenvalue weighted by molar-refractivity contribution is 0.0629. The summed E-state index contributed by atoms with van der Waals surface area (Å²) >= 11 is 0. The molecule has 1 aliphatic heterocycles. The van der Waals surface area contributed by atoms with E-state index < -0.39 is 0 Å². The summed E-state index contributed by atoms with van der Waals surface area (Å²) in [5.41, 5.74) is 1.10. The van der Waals surface area contributed by atoms with E-state index in [1.54, 1.807) is 30.3 Å². The number of imide groups is 1. The van der Waals surface area contributed by atoms with Crippen molar-refractivity contribution in [2.24, 2.45) is 0 Å². The van der Waals surface area contributed by atoms with Gasteiger partial charge in [-0.3, -0.25) is 19.3 Å². The lowest BCUT2D eigenvalue weighted by Gasteiger charge is -2.33. The molecule has 0 radical (unpaired) electrons. The summed E-state index contributed by atoms with van der Waals surface area (Å²) in [5, 5.41) is 0. The van der Waals surface area contributed by atoms with Crippen LogP contribution in [0, 0.1) is 0 Å². The van der Waals surface area contributed by atoms with Crippen LogP contribution in [-0.4, -0.2) is 40.1 Å². The second kappa shape index (κ2) is 7.62. The van der Waals surface area contributed by atoms with Gasteiger partial charge in [-0.25, -0.2) is 0 Å². The molecule has 0 unspecified atom stereocenters. The average Bonchev–Trinajstić information content (AvgIpc) is 3.32. The number of benzene rings is 1. The zero-order valence-corrected chi connectivity index (χ0v) is 16.0. The van der Waals surface area contributed by atoms with Crippen LogP contribution in [0.3, 0.4) is 0 Å². The van der Waals surface area contributed by atoms with Crippen LogP contribution in [0.4, 0.5) is 0 Å². The topological polar surface area (TPSA) is 70.8 Å². The van der Waals surface area contributed by atoms with Gasteiger partial charge in [0.25, 0.3) is 17.7 Å². The Bertz CT molecular complexity index is 897. The van der Waals surface area contributed by atoms with Gasteiger partial charge in [0.15, 0.2) is 0 Å². The number of hydrogen-bond acceptors (Lipinski definition) is 4. The second-order valence-corrected chi connectivity index (χ2v) is 7.42. The van der Waals surface area contributed by atoms with Gasteiger partial charge in [0.2, 0.25) is 0 Å². The van der Waals surface area contributed by atoms with Gasteiger partial charge in [0, 0.05) is 18.2 Å². The normalized spacial score (nSPS) is 17.1. The van der Waals surface area contributed by atoms with Gasteiger partial charge in [0.1, 0.15) is 5.76 Å². The van der Waals surface area contributed by atoms with Crippen LogP contribution in [0.1, 0.15) is 75.9 Å². The minimum absolute atomic E-state index is 0.0677. The predicted molar refractivity (Wildman–Crippen MR) is 103 cm³/mol. The second-order valence-electron chi connectivity index (χ2n) is 7.42. The molecule has 2 aromatic rings. The number of rotatable bonds is 5. The van der Waals surface area contributed by atoms with E-state index >= 15 is 0 Å². The molecule has 146 valence electrons. The molecule has 1 saturated carbocycles. The van der Waals surface area contributed by atoms with Gasteiger partial charge in [-0.15, -0.1) is 0 Å². The molecule has 0 saturated heterocycles. The Hall–Kier alpha value is -2.89. The van der Waals surface area contributed by atoms with Crippen LogP contribution >= 0.6 is 0 Å². The van der Waals surface area contributed by atoms with Crippen LogP contribution < -0.4 is 0 Å². The third-order valence-corrected chi connectivity index (χ3v) is 5.73. The molecule has 1 aromatic heterocycles. The number of carbonyl (C=O) groups is 3. The van der Waals surface area contributed by atoms with E-state index in [1.807, 2.05) is 11.8 Å². The number of furan rings is 1. The van der Waals surface area contributed by atoms with Gasteiger partial charge < -0.3 is 9.32 Å². The van der Waals surface area contributed by atoms with Crippen molar-refractivity contribution in [3.05, 3.63) is 59.0 Å². The molecule has 1 fully saturated rings. The fourth-order valence-electron chi connectivity index (χ4n) is 4.25. The highest BCUT2D eigenvalue weighted by Gasteiger charge is 2.37. The fourth-order valence-corrected chi connectivity index (χ4v) is 4.25. The number of amides is 3. The van der Waals surface area contributed by atoms with Crippen LogP contribution in [0.15, 0.2) is 41.0 Å². The van der Waals surface area contributed by atoms with Crippen LogP contribution in [0.5, 0.6) is 0 Å². The first-order chi connectivity index (χ1) is 13.6. The summed E-state index contributed by atoms with van der Waals surface area (Å²) < 4.78 is 5.26. The molecule has 6 nitrogen and oxygen atoms in total. The van der Waals surface area contributed by atoms with E-state index in [9.17, 15) is 14.4 Å². The summed E-state index contributed by atoms with van der Waals surface area (Å²) in [6.07, 6.45) is 7.08. The van der Waals surface area contributed by atoms with Gasteiger partial charge >= 0.3 is 0 Å². The van der Waals surface area contributed by atoms with Crippen molar-refractivity contribution in [3.63, 3.8) is 0 Å². The Labute approximate surface area is 164 Å². The number of carbonyl (C=O) groups excluding carboxylic acids is 3. The predicted octanol–water partition coefficient (Wildman–Crippen LogP) is 3.87. The highest BCUT2D eigenvalue weighted by Crippen LogP contribution is 2.28. The monoisotopic (exact) mass is 380 g/mol. The van der Waals surface area contributed by atoms with Gasteiger partial charge in [-0.2, -0.15) is 0 Å². The molecule has 2 heterocycles. The number of fused-ring (bicyclic) bond motifs is 1. The molecule has 4 rings (SSSR count). The molecule has 3 amide bonds. The first-order valence-corrected chi connectivity index (χ1v) is 9.93. The average molecular weight is 380 g/mol. The van der Waals surface area contributed by atoms with E-state index in [-0.39, 0.29) is 30.3 Å². The SMILES string of the molecule is CCN(C(=O)c1ccc2c(c1)C(=O)N(Cc1ccco1)C2=O)C1CCCCC1. The zero-order valence-electron chi connectivity index (χ0n) is 16.0. The third-order valence-electron chi connectivity index (χ3n) is 5.73. The Morgan fingerprint density at radius 2 is 1.86 bits per heavy atom. The van der Waals surface area contributed by atoms with Crippen molar-refractivity contribution >= 4 is 17.7 Å². The maximum absolute atomic E-state index is 13.1. The molecular formula is C22H24N2O4. The summed E-state index contributed by atoms with van der Waals surface area (Å²) in [6.45, 7) is 2.71. The smallest absolute Gasteiger partial charge is 0.261 e. The van der Waals surface area contributed by atoms with Crippen molar-refractivity contribution in [2.45, 2.75) is 51.6 Å². The highest BCUT2D eigenvalue weighted by atomic mass is 16.3. The molecule has 0 spiro atoms. The van der Waals surface area contributed by atoms with Crippen molar-refractivity contribution in [3.8, 4) is 0 Å². The molecule has 2 aliphatic rings. The third kappa shape index (κ3) is 3.23. The van der Waals surface area contributed by atoms with Crippen LogP contribution in [0.25, 0.3) is 0 Å². The summed E-state index contributed by atoms with van der Waals surface area (Å²) in [6, 6.07) is 8.53. The van der Waals surface area contributed by atoms with Crippen molar-refractivity contribution < 1.29 is 18.8 Å². The fraction of sp³-hybridized carbons (Fsp3) is 0.409. The molecule has 28 heavy (non-hydrogen) atoms. The van der Waals surface area contributed by atoms with Gasteiger partial charge in [-0.1, -0.05) is 19.3 Å². The quantitative estimate of drug-likeness (QED) is 0.738. The van der Waals surface area contributed by atoms with Gasteiger partial charge in [-0.05, 0) is 50.1 Å². The first-order valence-electron chi connectivity index (χ1n) is 9.93. The number of hydrogen-bond donors (Lipinski definition) is 0. The Kier molecular flexibility index (Phi) is 5.03. The lowest BCUT2D eigenvalue weighted by atomic mass is 9.93. The summed E-state index contributed by atoms with van der Waals surface area (Å²) in [4.78, 5) is 41.6. The van der Waals surface area contributed by atoms with Gasteiger partial charge in [0.05, 0.1) is 23.9 Å². The molecule has 6 heteroatoms. The first kappa shape index (κ1) is 18.5. The number of nitrogens with zero attached hydrogens (tertiary/aromatic N) is 2. The van der Waals surface area contributed by atoms with Crippen molar-refractivity contribution in [2.75, 3.05) is 6.54 Å². The molecule has 1 aliphatic carbocycles. The minimum atomic E-state index is -0.383. The molecule has 0 bridgehead atoms. The maximum Gasteiger partial charge on any atom is 0.261 e. The van der Waals surface area contributed by atoms with Crippen molar-refractivity contribution in [1.82, 2.24) is 9.80 Å². The zero-order chi connectivity index (χ0) is 19.7. The van der Waals surface area contributed by atoms with E-state index in [4.69, 9.17) is 4.42 Å². The molecule has 1 aromatic carbocycles. The Morgan fingerprint density at radius 3 is 2.54 bits per heavy atom. The van der Waals surface area contributed by atoms with E-state index in [1.165, 1.54) is 12.7 Å². The highest BCUT2D eigenvalue weighted by molar-refractivity contribution is 6.22. The minimum Gasteiger partial charge on any atom is -0.467 e. The van der Waals surface area contributed by atoms with E-state index in [0.29, 0.717) is 29.0 Å². The summed E-state index contributed by atoms with van der Waals surface area (Å²) in [5.74, 6) is -0.260. The maximum atomic E-state index is 13.1. The van der Waals surface area contributed by atoms with Crippen molar-refractivity contribution in [1.29, 1.82) is 0 Å². The standard InChI is InChI=1S/C22H24N2O4/c1-2-23(16-7-4-3-5-8-16)20(25)15-10-11-18-19(13-15)22(27)24(21(18)26)14-17-9-6-12-28-17/h6,9-13,16H,2-5,7-8,14H2,1H3. The Balaban J connectivity index is 1.58. The lowest BCUT2D eigenvalue weighted by Crippen LogP contribution is -2.41. The molecule has 0 atom stereocenters. The molecular weight excluding hydrogens is 356 g/mol. The Morgan fingerprint density at radius 1 is 1.11 bits per heavy atom. The van der Waals surface area contributed by atoms with Crippen LogP contribution in [0.2, 0.25) is 0 Å². The molecule has 0 N–H and O–H groups in total. The largest absolute Gasteiger partial charge is 0.467 e. The van der Waals surface area contributed by atoms with Crippen LogP contribution in [-0.2, 0) is 6.54 Å². The van der Waals surface area contributed by atoms with E-state index in [0.717, 1.165) is 30.6 Å².